The summed E-state index contributed by atoms with van der Waals surface area (Å²) in [7, 11) is 0. The average molecular weight is 173 g/mol. The second-order valence-electron chi connectivity index (χ2n) is 0.195. The summed E-state index contributed by atoms with van der Waals surface area (Å²) in [6, 6.07) is 0. The molecule has 0 aromatic rings. The van der Waals surface area contributed by atoms with E-state index >= 15 is 0 Å². The van der Waals surface area contributed by atoms with E-state index in [4.69, 9.17) is 0 Å². The minimum Gasteiger partial charge on any atom is -0.0890 e. The second-order valence-corrected chi connectivity index (χ2v) is 0.752. The molecule has 0 aliphatic heterocycles. The Morgan fingerprint density at radius 1 is 2.00 bits per heavy atom. The summed E-state index contributed by atoms with van der Waals surface area (Å²) in [5.74, 6) is 0. The smallest absolute Gasteiger partial charge is 0.0890 e. The zero-order chi connectivity index (χ0) is 3.41. The van der Waals surface area contributed by atoms with Gasteiger partial charge in [-0.3, -0.25) is 0 Å². The minimum absolute atomic E-state index is 1.05. The van der Waals surface area contributed by atoms with Crippen LogP contribution in [0.3, 0.4) is 0 Å². The third-order valence-corrected chi connectivity index (χ3v) is 0.247. The van der Waals surface area contributed by atoms with Crippen LogP contribution < -0.4 is 0 Å². The maximum atomic E-state index is 10.3. The molecular weight excluding hydrogens is 172 g/mol. The van der Waals surface area contributed by atoms with Crippen LogP contribution in [-0.4, -0.2) is 4.22 Å². The van der Waals surface area contributed by atoms with Crippen LogP contribution in [0.2, 0.25) is 0 Å². The molecule has 0 atom stereocenters. The van der Waals surface area contributed by atoms with Gasteiger partial charge in [-0.2, -0.15) is 0 Å². The highest BCUT2D eigenvalue weighted by Crippen LogP contribution is 1.68. The minimum atomic E-state index is 1.05. The number of rotatable bonds is 0. The predicted octanol–water partition coefficient (Wildman–Crippen LogP) is 1.33. The first-order valence-corrected chi connectivity index (χ1v) is 1.89. The summed E-state index contributed by atoms with van der Waals surface area (Å²) in [4.78, 5) is 0. The predicted molar refractivity (Wildman–Crippen MR) is 23.6 cm³/mol. The van der Waals surface area contributed by atoms with E-state index in [0.29, 0.717) is 0 Å². The molecule has 0 bridgehead atoms. The van der Waals surface area contributed by atoms with E-state index in [0.717, 1.165) is 4.22 Å². The van der Waals surface area contributed by atoms with Gasteiger partial charge in [-0.15, -0.1) is 0 Å². The van der Waals surface area contributed by atoms with Crippen molar-refractivity contribution >= 4 is 26.8 Å². The van der Waals surface area contributed by atoms with E-state index in [9.17, 15) is 4.48 Å². The van der Waals surface area contributed by atoms with Crippen molar-refractivity contribution < 1.29 is 4.48 Å². The van der Waals surface area contributed by atoms with E-state index in [2.05, 4.69) is 5.21 Å². The molecule has 4 heavy (non-hydrogen) atoms. The first-order chi connectivity index (χ1) is 1.91. The maximum absolute atomic E-state index is 10.3. The Bertz CT molecular complexity index is 23.2. The van der Waals surface area contributed by atoms with Crippen LogP contribution in [0.1, 0.15) is 0 Å². The van der Waals surface area contributed by atoms with Crippen molar-refractivity contribution in [1.29, 1.82) is 0 Å². The van der Waals surface area contributed by atoms with E-state index in [1.54, 1.807) is 22.6 Å². The Morgan fingerprint density at radius 2 is 2.25 bits per heavy atom. The molecule has 0 radical (unpaired) electrons. The summed E-state index contributed by atoms with van der Waals surface area (Å²) in [5, 5.41) is 2.10. The number of hydrogen-bond donors (Lipinski definition) is 0. The maximum Gasteiger partial charge on any atom is 0.0982 e. The standard InChI is InChI=1S/CHFIN/c2-4-1-3/h1H. The van der Waals surface area contributed by atoms with Gasteiger partial charge in [-0.1, -0.05) is 9.70 Å². The summed E-state index contributed by atoms with van der Waals surface area (Å²) < 4.78 is 11.3. The highest BCUT2D eigenvalue weighted by atomic mass is 127. The number of halogens is 2. The van der Waals surface area contributed by atoms with Gasteiger partial charge in [0.25, 0.3) is 0 Å². The topological polar surface area (TPSA) is 12.4 Å². The molecule has 0 aliphatic rings. The third-order valence-electron chi connectivity index (χ3n) is 0.0369. The van der Waals surface area contributed by atoms with Crippen molar-refractivity contribution in [2.24, 2.45) is 5.21 Å². The Kier molecular flexibility index (Phi) is 3.60. The van der Waals surface area contributed by atoms with Gasteiger partial charge in [0.1, 0.15) is 0 Å². The van der Waals surface area contributed by atoms with Crippen molar-refractivity contribution in [2.75, 3.05) is 0 Å². The van der Waals surface area contributed by atoms with Crippen LogP contribution in [0.4, 0.5) is 4.48 Å². The monoisotopic (exact) mass is 173 g/mol. The molecule has 0 spiro atoms. The lowest BCUT2D eigenvalue weighted by Gasteiger charge is -1.43. The molecule has 3 heteroatoms. The van der Waals surface area contributed by atoms with Crippen LogP contribution in [-0.2, 0) is 0 Å². The van der Waals surface area contributed by atoms with Crippen molar-refractivity contribution in [1.82, 2.24) is 0 Å². The van der Waals surface area contributed by atoms with Gasteiger partial charge in [0, 0.05) is 0 Å². The van der Waals surface area contributed by atoms with Crippen LogP contribution in [0.25, 0.3) is 0 Å². The van der Waals surface area contributed by atoms with Crippen LogP contribution in [0, 0.1) is 0 Å². The molecule has 0 aliphatic carbocycles. The summed E-state index contributed by atoms with van der Waals surface area (Å²) >= 11 is 1.68. The zero-order valence-corrected chi connectivity index (χ0v) is 3.94. The zero-order valence-electron chi connectivity index (χ0n) is 1.78. The molecule has 0 aromatic heterocycles. The Hall–Kier alpha value is 0.330. The number of hydrogen-bond acceptors (Lipinski definition) is 1. The van der Waals surface area contributed by atoms with E-state index in [-0.39, 0.29) is 0 Å². The molecule has 0 rings (SSSR count). The Morgan fingerprint density at radius 3 is 2.25 bits per heavy atom. The highest BCUT2D eigenvalue weighted by molar-refractivity contribution is 14.1. The first-order valence-electron chi connectivity index (χ1n) is 0.645. The lowest BCUT2D eigenvalue weighted by atomic mass is 11.8. The molecule has 0 saturated carbocycles. The molecule has 0 N–H and O–H groups in total. The number of nitrogens with zero attached hydrogens (tertiary/aromatic N) is 1. The highest BCUT2D eigenvalue weighted by Gasteiger charge is 1.41. The first kappa shape index (κ1) is 4.33. The van der Waals surface area contributed by atoms with Gasteiger partial charge < -0.3 is 0 Å². The lowest BCUT2D eigenvalue weighted by Crippen LogP contribution is -1.29. The van der Waals surface area contributed by atoms with Crippen molar-refractivity contribution in [2.45, 2.75) is 0 Å². The van der Waals surface area contributed by atoms with E-state index in [1.807, 2.05) is 0 Å². The molecule has 1 nitrogen and oxygen atoms in total. The normalized spacial score (nSPS) is 9.50. The van der Waals surface area contributed by atoms with Crippen molar-refractivity contribution in [3.05, 3.63) is 0 Å². The fraction of sp³-hybridized carbons (Fsp3) is 0. The van der Waals surface area contributed by atoms with Crippen molar-refractivity contribution in [3.8, 4) is 0 Å². The molecular formula is CHFIN. The fourth-order valence-corrected chi connectivity index (χ4v) is 0. The molecule has 0 aromatic carbocycles. The van der Waals surface area contributed by atoms with Gasteiger partial charge >= 0.3 is 0 Å². The van der Waals surface area contributed by atoms with E-state index < -0.39 is 0 Å². The Balaban J connectivity index is 2.55. The van der Waals surface area contributed by atoms with Gasteiger partial charge in [0.05, 0.1) is 4.22 Å². The lowest BCUT2D eigenvalue weighted by molar-refractivity contribution is 0.543. The average Bonchev–Trinajstić information content (AvgIpc) is 1.37. The second kappa shape index (κ2) is 3.33. The summed E-state index contributed by atoms with van der Waals surface area (Å²) in [6.07, 6.45) is 0. The molecule has 0 fully saturated rings. The molecule has 0 unspecified atom stereocenters. The molecule has 24 valence electrons. The van der Waals surface area contributed by atoms with E-state index in [1.165, 1.54) is 0 Å². The van der Waals surface area contributed by atoms with Gasteiger partial charge in [-0.25, -0.2) is 0 Å². The summed E-state index contributed by atoms with van der Waals surface area (Å²) in [5.41, 5.74) is 0. The molecule has 0 saturated heterocycles. The Labute approximate surface area is 37.0 Å². The fourth-order valence-electron chi connectivity index (χ4n) is 0. The van der Waals surface area contributed by atoms with Crippen LogP contribution in [0.15, 0.2) is 5.21 Å². The third kappa shape index (κ3) is 2.33. The largest absolute Gasteiger partial charge is 0.0982 e. The quantitative estimate of drug-likeness (QED) is 0.387. The molecule has 0 amide bonds. The van der Waals surface area contributed by atoms with Gasteiger partial charge in [0.15, 0.2) is 0 Å². The van der Waals surface area contributed by atoms with Gasteiger partial charge in [0.2, 0.25) is 0 Å². The summed E-state index contributed by atoms with van der Waals surface area (Å²) in [6.45, 7) is 0. The van der Waals surface area contributed by atoms with Crippen molar-refractivity contribution in [3.63, 3.8) is 0 Å². The van der Waals surface area contributed by atoms with Crippen LogP contribution in [0.5, 0.6) is 0 Å². The van der Waals surface area contributed by atoms with Gasteiger partial charge in [-0.05, 0) is 22.6 Å². The molecule has 0 heterocycles. The SMILES string of the molecule is FN=CI. The van der Waals surface area contributed by atoms with Crippen LogP contribution >= 0.6 is 22.6 Å².